The Hall–Kier alpha value is -2.85. The molecule has 7 heteroatoms. The van der Waals surface area contributed by atoms with Gasteiger partial charge in [-0.15, -0.1) is 11.3 Å². The summed E-state index contributed by atoms with van der Waals surface area (Å²) in [7, 11) is 0. The van der Waals surface area contributed by atoms with E-state index in [1.54, 1.807) is 12.1 Å². The summed E-state index contributed by atoms with van der Waals surface area (Å²) in [4.78, 5) is 25.1. The van der Waals surface area contributed by atoms with Crippen LogP contribution in [0.15, 0.2) is 30.3 Å². The van der Waals surface area contributed by atoms with Crippen LogP contribution in [0.3, 0.4) is 0 Å². The normalized spacial score (nSPS) is 13.0. The van der Waals surface area contributed by atoms with Crippen molar-refractivity contribution in [2.75, 3.05) is 18.5 Å². The van der Waals surface area contributed by atoms with E-state index in [1.165, 1.54) is 16.2 Å². The zero-order valence-electron chi connectivity index (χ0n) is 15.5. The molecule has 1 aromatic carbocycles. The molecule has 6 nitrogen and oxygen atoms in total. The lowest BCUT2D eigenvalue weighted by Crippen LogP contribution is -2.21. The third-order valence-corrected chi connectivity index (χ3v) is 5.68. The number of fused-ring (bicyclic) bond motifs is 1. The Labute approximate surface area is 168 Å². The third kappa shape index (κ3) is 5.33. The Morgan fingerprint density at radius 1 is 1.14 bits per heavy atom. The van der Waals surface area contributed by atoms with Crippen LogP contribution >= 0.6 is 11.3 Å². The molecular weight excluding hydrogens is 376 g/mol. The molecule has 0 radical (unpaired) electrons. The molecular formula is C21H22N2O4S. The number of ether oxygens (including phenoxy) is 2. The Morgan fingerprint density at radius 2 is 1.93 bits per heavy atom. The Balaban J connectivity index is 1.45. The molecule has 1 heterocycles. The molecule has 146 valence electrons. The summed E-state index contributed by atoms with van der Waals surface area (Å²) in [5, 5.41) is 12.8. The van der Waals surface area contributed by atoms with Crippen molar-refractivity contribution in [1.82, 2.24) is 0 Å². The monoisotopic (exact) mass is 398 g/mol. The quantitative estimate of drug-likeness (QED) is 0.565. The van der Waals surface area contributed by atoms with Crippen molar-refractivity contribution < 1.29 is 19.1 Å². The van der Waals surface area contributed by atoms with E-state index in [2.05, 4.69) is 11.4 Å². The van der Waals surface area contributed by atoms with Crippen molar-refractivity contribution in [3.05, 3.63) is 46.3 Å². The summed E-state index contributed by atoms with van der Waals surface area (Å²) >= 11 is 1.46. The second-order valence-electron chi connectivity index (χ2n) is 6.50. The highest BCUT2D eigenvalue weighted by molar-refractivity contribution is 7.16. The number of nitriles is 1. The fourth-order valence-electron chi connectivity index (χ4n) is 3.10. The van der Waals surface area contributed by atoms with E-state index >= 15 is 0 Å². The lowest BCUT2D eigenvalue weighted by Gasteiger charge is -2.07. The summed E-state index contributed by atoms with van der Waals surface area (Å²) in [6.07, 6.45) is 5.21. The smallest absolute Gasteiger partial charge is 0.309 e. The number of nitrogens with one attached hydrogen (secondary N) is 1. The Bertz CT molecular complexity index is 871. The molecule has 0 fully saturated rings. The van der Waals surface area contributed by atoms with Gasteiger partial charge in [-0.3, -0.25) is 9.59 Å². The molecule has 0 spiro atoms. The minimum Gasteiger partial charge on any atom is -0.493 e. The molecule has 3 rings (SSSR count). The number of esters is 1. The highest BCUT2D eigenvalue weighted by atomic mass is 32.1. The third-order valence-electron chi connectivity index (χ3n) is 4.47. The van der Waals surface area contributed by atoms with Gasteiger partial charge in [-0.2, -0.15) is 5.26 Å². The van der Waals surface area contributed by atoms with Gasteiger partial charge in [0.2, 0.25) is 0 Å². The van der Waals surface area contributed by atoms with Crippen molar-refractivity contribution >= 4 is 28.2 Å². The summed E-state index contributed by atoms with van der Waals surface area (Å²) in [5.41, 5.74) is 1.62. The van der Waals surface area contributed by atoms with Crippen LogP contribution in [0.5, 0.6) is 5.75 Å². The largest absolute Gasteiger partial charge is 0.493 e. The van der Waals surface area contributed by atoms with E-state index in [-0.39, 0.29) is 19.6 Å². The predicted molar refractivity (Wildman–Crippen MR) is 106 cm³/mol. The second kappa shape index (κ2) is 9.90. The van der Waals surface area contributed by atoms with E-state index in [0.717, 1.165) is 37.7 Å². The molecule has 1 aliphatic carbocycles. The molecule has 1 aromatic heterocycles. The topological polar surface area (TPSA) is 88.4 Å². The molecule has 0 saturated heterocycles. The number of thiophene rings is 1. The van der Waals surface area contributed by atoms with Crippen molar-refractivity contribution in [1.29, 1.82) is 5.26 Å². The summed E-state index contributed by atoms with van der Waals surface area (Å²) in [6.45, 7) is -0.196. The zero-order valence-corrected chi connectivity index (χ0v) is 16.3. The lowest BCUT2D eigenvalue weighted by molar-refractivity contribution is -0.147. The number of carbonyl (C=O) groups is 2. The molecule has 0 bridgehead atoms. The maximum absolute atomic E-state index is 12.1. The van der Waals surface area contributed by atoms with Crippen molar-refractivity contribution in [3.8, 4) is 11.8 Å². The number of hydrogen-bond donors (Lipinski definition) is 1. The average Bonchev–Trinajstić information content (AvgIpc) is 2.86. The van der Waals surface area contributed by atoms with Gasteiger partial charge in [0.25, 0.3) is 5.91 Å². The maximum Gasteiger partial charge on any atom is 0.309 e. The van der Waals surface area contributed by atoms with Crippen molar-refractivity contribution in [2.24, 2.45) is 0 Å². The summed E-state index contributed by atoms with van der Waals surface area (Å²) < 4.78 is 10.4. The van der Waals surface area contributed by atoms with Gasteiger partial charge in [-0.1, -0.05) is 24.6 Å². The van der Waals surface area contributed by atoms with E-state index in [4.69, 9.17) is 9.47 Å². The van der Waals surface area contributed by atoms with E-state index < -0.39 is 11.9 Å². The standard InChI is InChI=1S/C21H22N2O4S/c22-13-17-16-9-5-2-6-10-18(16)28-21(17)23-19(24)14-27-20(25)11-12-26-15-7-3-1-4-8-15/h1,3-4,7-8H,2,5-6,9-12,14H2,(H,23,24). The number of nitrogens with zero attached hydrogens (tertiary/aromatic N) is 1. The van der Waals surface area contributed by atoms with Crippen LogP contribution in [0.4, 0.5) is 5.00 Å². The Morgan fingerprint density at radius 3 is 2.71 bits per heavy atom. The van der Waals surface area contributed by atoms with Gasteiger partial charge < -0.3 is 14.8 Å². The average molecular weight is 398 g/mol. The molecule has 1 N–H and O–H groups in total. The fourth-order valence-corrected chi connectivity index (χ4v) is 4.35. The molecule has 1 amide bonds. The first-order valence-corrected chi connectivity index (χ1v) is 10.2. The summed E-state index contributed by atoms with van der Waals surface area (Å²) in [5.74, 6) is -0.270. The molecule has 0 unspecified atom stereocenters. The summed E-state index contributed by atoms with van der Waals surface area (Å²) in [6, 6.07) is 11.4. The van der Waals surface area contributed by atoms with Crippen molar-refractivity contribution in [3.63, 3.8) is 0 Å². The number of aryl methyl sites for hydroxylation is 1. The number of rotatable bonds is 7. The van der Waals surface area contributed by atoms with Gasteiger partial charge >= 0.3 is 5.97 Å². The number of hydrogen-bond acceptors (Lipinski definition) is 6. The first-order valence-electron chi connectivity index (χ1n) is 9.35. The number of amides is 1. The van der Waals surface area contributed by atoms with Crippen LogP contribution in [-0.2, 0) is 27.2 Å². The minimum absolute atomic E-state index is 0.0545. The molecule has 1 aliphatic rings. The molecule has 28 heavy (non-hydrogen) atoms. The van der Waals surface area contributed by atoms with E-state index in [1.807, 2.05) is 18.2 Å². The first-order chi connectivity index (χ1) is 13.7. The molecule has 0 aliphatic heterocycles. The SMILES string of the molecule is N#Cc1c(NC(=O)COC(=O)CCOc2ccccc2)sc2c1CCCCC2. The lowest BCUT2D eigenvalue weighted by atomic mass is 10.1. The fraction of sp³-hybridized carbons (Fsp3) is 0.381. The van der Waals surface area contributed by atoms with Crippen LogP contribution in [0.25, 0.3) is 0 Å². The van der Waals surface area contributed by atoms with Crippen molar-refractivity contribution in [2.45, 2.75) is 38.5 Å². The minimum atomic E-state index is -0.506. The number of carbonyl (C=O) groups excluding carboxylic acids is 2. The first kappa shape index (κ1) is 19.9. The van der Waals surface area contributed by atoms with Gasteiger partial charge in [0.15, 0.2) is 6.61 Å². The number of para-hydroxylation sites is 1. The Kier molecular flexibility index (Phi) is 7.04. The molecule has 0 saturated carbocycles. The van der Waals surface area contributed by atoms with Gasteiger partial charge in [0.05, 0.1) is 18.6 Å². The molecule has 2 aromatic rings. The van der Waals surface area contributed by atoms with Crippen LogP contribution in [0.2, 0.25) is 0 Å². The van der Waals surface area contributed by atoms with Gasteiger partial charge in [-0.25, -0.2) is 0 Å². The number of benzene rings is 1. The highest BCUT2D eigenvalue weighted by Crippen LogP contribution is 2.36. The highest BCUT2D eigenvalue weighted by Gasteiger charge is 2.21. The predicted octanol–water partition coefficient (Wildman–Crippen LogP) is 3.84. The maximum atomic E-state index is 12.1. The van der Waals surface area contributed by atoms with E-state index in [9.17, 15) is 14.9 Å². The van der Waals surface area contributed by atoms with Crippen LogP contribution in [0.1, 0.15) is 41.7 Å². The second-order valence-corrected chi connectivity index (χ2v) is 7.61. The number of anilines is 1. The van der Waals surface area contributed by atoms with Crippen LogP contribution in [-0.4, -0.2) is 25.1 Å². The van der Waals surface area contributed by atoms with E-state index in [0.29, 0.717) is 16.3 Å². The van der Waals surface area contributed by atoms with Crippen LogP contribution < -0.4 is 10.1 Å². The molecule has 0 atom stereocenters. The van der Waals surface area contributed by atoms with Gasteiger partial charge in [0, 0.05) is 4.88 Å². The van der Waals surface area contributed by atoms with Gasteiger partial charge in [-0.05, 0) is 43.4 Å². The zero-order chi connectivity index (χ0) is 19.8. The van der Waals surface area contributed by atoms with Gasteiger partial charge in [0.1, 0.15) is 16.8 Å². The van der Waals surface area contributed by atoms with Crippen LogP contribution in [0, 0.1) is 11.3 Å².